The highest BCUT2D eigenvalue weighted by Gasteiger charge is 2.32. The van der Waals surface area contributed by atoms with E-state index in [2.05, 4.69) is 4.99 Å². The van der Waals surface area contributed by atoms with Crippen LogP contribution in [0.1, 0.15) is 10.6 Å². The zero-order valence-corrected chi connectivity index (χ0v) is 18.8. The second-order valence-corrected chi connectivity index (χ2v) is 8.51. The number of halogens is 1. The Morgan fingerprint density at radius 1 is 1.31 bits per heavy atom. The average molecular weight is 488 g/mol. The van der Waals surface area contributed by atoms with Gasteiger partial charge >= 0.3 is 5.88 Å². The molecule has 11 heteroatoms. The maximum atomic E-state index is 13.2. The molecule has 0 N–H and O–H groups in total. The zero-order valence-electron chi connectivity index (χ0n) is 16.4. The van der Waals surface area contributed by atoms with E-state index in [1.807, 2.05) is 17.5 Å². The number of thiophene rings is 1. The number of ether oxygens (including phenoxy) is 1. The summed E-state index contributed by atoms with van der Waals surface area (Å²) in [4.78, 5) is 30.2. The first-order valence-corrected chi connectivity index (χ1v) is 11.2. The highest BCUT2D eigenvalue weighted by Crippen LogP contribution is 2.35. The molecule has 0 radical (unpaired) electrons. The van der Waals surface area contributed by atoms with Crippen molar-refractivity contribution < 1.29 is 18.9 Å². The van der Waals surface area contributed by atoms with Gasteiger partial charge in [-0.05, 0) is 53.3 Å². The van der Waals surface area contributed by atoms with Gasteiger partial charge < -0.3 is 9.15 Å². The molecule has 0 spiro atoms. The predicted octanol–water partition coefficient (Wildman–Crippen LogP) is 6.06. The van der Waals surface area contributed by atoms with Gasteiger partial charge in [-0.3, -0.25) is 19.8 Å². The van der Waals surface area contributed by atoms with Gasteiger partial charge in [0.1, 0.15) is 22.1 Å². The van der Waals surface area contributed by atoms with Crippen molar-refractivity contribution in [1.82, 2.24) is 0 Å². The minimum absolute atomic E-state index is 0.281. The van der Waals surface area contributed by atoms with Crippen molar-refractivity contribution in [3.05, 3.63) is 84.7 Å². The Kier molecular flexibility index (Phi) is 6.45. The van der Waals surface area contributed by atoms with Gasteiger partial charge in [0.25, 0.3) is 5.91 Å². The van der Waals surface area contributed by atoms with Gasteiger partial charge in [0, 0.05) is 4.88 Å². The van der Waals surface area contributed by atoms with Crippen LogP contribution in [0.15, 0.2) is 68.4 Å². The van der Waals surface area contributed by atoms with Crippen LogP contribution in [0.5, 0.6) is 5.75 Å². The van der Waals surface area contributed by atoms with Crippen molar-refractivity contribution in [3.63, 3.8) is 0 Å². The molecule has 0 bridgehead atoms. The van der Waals surface area contributed by atoms with Crippen LogP contribution >= 0.6 is 34.7 Å². The second kappa shape index (κ2) is 9.43. The van der Waals surface area contributed by atoms with Crippen LogP contribution in [-0.2, 0) is 4.79 Å². The number of amidine groups is 1. The number of benzene rings is 1. The predicted molar refractivity (Wildman–Crippen MR) is 127 cm³/mol. The third-order valence-corrected chi connectivity index (χ3v) is 6.12. The largest absolute Gasteiger partial charge is 0.495 e. The maximum Gasteiger partial charge on any atom is 0.433 e. The van der Waals surface area contributed by atoms with Crippen molar-refractivity contribution >= 4 is 69.5 Å². The van der Waals surface area contributed by atoms with Crippen molar-refractivity contribution in [1.29, 1.82) is 0 Å². The quantitative estimate of drug-likeness (QED) is 0.238. The molecule has 0 saturated carbocycles. The molecule has 2 aromatic heterocycles. The van der Waals surface area contributed by atoms with Gasteiger partial charge in [-0.1, -0.05) is 29.4 Å². The number of thioether (sulfide) groups is 1. The fourth-order valence-corrected chi connectivity index (χ4v) is 4.47. The summed E-state index contributed by atoms with van der Waals surface area (Å²) in [5.41, 5.74) is 0.813. The Balaban J connectivity index is 1.64. The zero-order chi connectivity index (χ0) is 22.7. The number of methoxy groups -OCH3 is 1. The van der Waals surface area contributed by atoms with Gasteiger partial charge in [-0.25, -0.2) is 4.99 Å². The SMILES string of the molecule is COc1ccc(N2C(=O)/C(=C\c3cccs3)N=C2S/C=C/c2ccc([N+](=O)[O-])o2)cc1Cl. The maximum absolute atomic E-state index is 13.2. The van der Waals surface area contributed by atoms with Crippen LogP contribution in [0, 0.1) is 10.1 Å². The first kappa shape index (κ1) is 21.9. The van der Waals surface area contributed by atoms with E-state index in [0.717, 1.165) is 4.88 Å². The van der Waals surface area contributed by atoms with Gasteiger partial charge in [0.2, 0.25) is 0 Å². The fraction of sp³-hybridized carbons (Fsp3) is 0.0476. The number of carbonyl (C=O) groups is 1. The number of hydrogen-bond acceptors (Lipinski definition) is 8. The Morgan fingerprint density at radius 3 is 2.81 bits per heavy atom. The number of nitro groups is 1. The third-order valence-electron chi connectivity index (χ3n) is 4.24. The van der Waals surface area contributed by atoms with Crippen LogP contribution in [0.25, 0.3) is 12.2 Å². The number of hydrogen-bond donors (Lipinski definition) is 0. The Hall–Kier alpha value is -3.34. The summed E-state index contributed by atoms with van der Waals surface area (Å²) in [7, 11) is 1.51. The minimum Gasteiger partial charge on any atom is -0.495 e. The molecule has 1 aromatic carbocycles. The lowest BCUT2D eigenvalue weighted by Gasteiger charge is -2.18. The van der Waals surface area contributed by atoms with E-state index in [0.29, 0.717) is 27.4 Å². The second-order valence-electron chi connectivity index (χ2n) is 6.25. The normalized spacial score (nSPS) is 15.1. The average Bonchev–Trinajstić information content (AvgIpc) is 3.50. The Morgan fingerprint density at radius 2 is 2.16 bits per heavy atom. The van der Waals surface area contributed by atoms with Crippen molar-refractivity contribution in [2.45, 2.75) is 0 Å². The molecule has 8 nitrogen and oxygen atoms in total. The molecule has 162 valence electrons. The van der Waals surface area contributed by atoms with Gasteiger partial charge in [0.05, 0.1) is 23.9 Å². The fourth-order valence-electron chi connectivity index (χ4n) is 2.80. The Labute approximate surface area is 195 Å². The minimum atomic E-state index is -0.610. The standard InChI is InChI=1S/C21H14ClN3O5S2/c1-29-18-6-4-13(11-16(18)22)24-20(26)17(12-15-3-2-9-31-15)23-21(24)32-10-8-14-5-7-19(30-14)25(27)28/h2-12H,1H3/b10-8+,17-12+. The molecule has 1 amide bonds. The van der Waals surface area contributed by atoms with E-state index < -0.39 is 4.92 Å². The molecule has 0 aliphatic carbocycles. The van der Waals surface area contributed by atoms with Crippen molar-refractivity contribution in [2.75, 3.05) is 12.0 Å². The molecule has 1 aliphatic heterocycles. The molecule has 1 aliphatic rings. The molecule has 0 atom stereocenters. The van der Waals surface area contributed by atoms with Crippen molar-refractivity contribution in [3.8, 4) is 5.75 Å². The number of carbonyl (C=O) groups excluding carboxylic acids is 1. The van der Waals surface area contributed by atoms with Crippen LogP contribution in [-0.4, -0.2) is 23.1 Å². The summed E-state index contributed by atoms with van der Waals surface area (Å²) < 4.78 is 10.3. The van der Waals surface area contributed by atoms with Gasteiger partial charge in [-0.2, -0.15) is 0 Å². The lowest BCUT2D eigenvalue weighted by Crippen LogP contribution is -2.29. The topological polar surface area (TPSA) is 98.2 Å². The van der Waals surface area contributed by atoms with E-state index in [9.17, 15) is 14.9 Å². The van der Waals surface area contributed by atoms with Crippen molar-refractivity contribution in [2.24, 2.45) is 4.99 Å². The smallest absolute Gasteiger partial charge is 0.433 e. The van der Waals surface area contributed by atoms with E-state index >= 15 is 0 Å². The number of rotatable bonds is 6. The molecule has 0 unspecified atom stereocenters. The first-order chi connectivity index (χ1) is 15.5. The summed E-state index contributed by atoms with van der Waals surface area (Å²) in [6.45, 7) is 0. The molecule has 32 heavy (non-hydrogen) atoms. The monoisotopic (exact) mass is 487 g/mol. The first-order valence-electron chi connectivity index (χ1n) is 9.05. The molecule has 3 heterocycles. The summed E-state index contributed by atoms with van der Waals surface area (Å²) in [5, 5.41) is 15.1. The summed E-state index contributed by atoms with van der Waals surface area (Å²) in [6.07, 6.45) is 3.28. The number of nitrogens with zero attached hydrogens (tertiary/aromatic N) is 3. The highest BCUT2D eigenvalue weighted by atomic mass is 35.5. The number of furan rings is 1. The molecule has 0 saturated heterocycles. The van der Waals surface area contributed by atoms with Gasteiger partial charge in [0.15, 0.2) is 5.17 Å². The van der Waals surface area contributed by atoms with E-state index in [1.54, 1.807) is 35.8 Å². The van der Waals surface area contributed by atoms with Gasteiger partial charge in [-0.15, -0.1) is 11.3 Å². The molecule has 3 aromatic rings. The number of anilines is 1. The lowest BCUT2D eigenvalue weighted by atomic mass is 10.2. The van der Waals surface area contributed by atoms with Crippen LogP contribution in [0.3, 0.4) is 0 Å². The van der Waals surface area contributed by atoms with E-state index in [1.165, 1.54) is 47.2 Å². The van der Waals surface area contributed by atoms with E-state index in [-0.39, 0.29) is 17.5 Å². The number of amides is 1. The van der Waals surface area contributed by atoms with Crippen LogP contribution in [0.2, 0.25) is 5.02 Å². The molecule has 0 fully saturated rings. The summed E-state index contributed by atoms with van der Waals surface area (Å²) in [5.74, 6) is 0.146. The summed E-state index contributed by atoms with van der Waals surface area (Å²) >= 11 is 8.93. The molecule has 4 rings (SSSR count). The van der Waals surface area contributed by atoms with Crippen LogP contribution < -0.4 is 9.64 Å². The summed E-state index contributed by atoms with van der Waals surface area (Å²) in [6, 6.07) is 11.6. The Bertz CT molecular complexity index is 1260. The molecular formula is C21H14ClN3O5S2. The van der Waals surface area contributed by atoms with E-state index in [4.69, 9.17) is 20.8 Å². The highest BCUT2D eigenvalue weighted by molar-refractivity contribution is 8.16. The third kappa shape index (κ3) is 4.62. The lowest BCUT2D eigenvalue weighted by molar-refractivity contribution is -0.402. The molecular weight excluding hydrogens is 474 g/mol. The van der Waals surface area contributed by atoms with Crippen LogP contribution in [0.4, 0.5) is 11.6 Å². The number of aliphatic imine (C=N–C) groups is 1.